The summed E-state index contributed by atoms with van der Waals surface area (Å²) in [6.07, 6.45) is 4.10. The van der Waals surface area contributed by atoms with Gasteiger partial charge in [0.25, 0.3) is 5.91 Å². The number of hydrogen-bond donors (Lipinski definition) is 0. The first-order valence-corrected chi connectivity index (χ1v) is 11.0. The number of sulfone groups is 1. The molecule has 0 saturated carbocycles. The summed E-state index contributed by atoms with van der Waals surface area (Å²) in [5.41, 5.74) is 1.30. The normalized spacial score (nSPS) is 18.9. The second-order valence-electron chi connectivity index (χ2n) is 6.53. The lowest BCUT2D eigenvalue weighted by Gasteiger charge is -2.29. The molecule has 1 unspecified atom stereocenters. The summed E-state index contributed by atoms with van der Waals surface area (Å²) in [4.78, 5) is 20.9. The Morgan fingerprint density at radius 1 is 1.24 bits per heavy atom. The van der Waals surface area contributed by atoms with Gasteiger partial charge in [0.15, 0.2) is 9.84 Å². The summed E-state index contributed by atoms with van der Waals surface area (Å²) < 4.78 is 23.6. The van der Waals surface area contributed by atoms with Crippen LogP contribution >= 0.6 is 0 Å². The van der Waals surface area contributed by atoms with Crippen LogP contribution < -0.4 is 4.90 Å². The van der Waals surface area contributed by atoms with Gasteiger partial charge in [-0.1, -0.05) is 13.8 Å². The minimum atomic E-state index is -2.95. The molecule has 1 aliphatic rings. The second-order valence-corrected chi connectivity index (χ2v) is 8.76. The number of nitrogens with zero attached hydrogens (tertiary/aromatic N) is 3. The van der Waals surface area contributed by atoms with Gasteiger partial charge in [-0.15, -0.1) is 0 Å². The van der Waals surface area contributed by atoms with Crippen LogP contribution in [0.2, 0.25) is 0 Å². The molecule has 0 spiro atoms. The van der Waals surface area contributed by atoms with Crippen molar-refractivity contribution >= 4 is 21.4 Å². The number of aromatic nitrogens is 1. The smallest absolute Gasteiger partial charge is 0.272 e. The molecule has 1 aliphatic heterocycles. The molecule has 140 valence electrons. The van der Waals surface area contributed by atoms with Crippen molar-refractivity contribution in [3.8, 4) is 0 Å². The van der Waals surface area contributed by atoms with E-state index >= 15 is 0 Å². The molecule has 0 aromatic carbocycles. The van der Waals surface area contributed by atoms with E-state index in [1.165, 1.54) is 0 Å². The molecule has 1 fully saturated rings. The number of amides is 1. The molecule has 0 aliphatic carbocycles. The molecule has 1 saturated heterocycles. The van der Waals surface area contributed by atoms with Crippen molar-refractivity contribution in [2.24, 2.45) is 0 Å². The number of anilines is 1. The number of hydrogen-bond acceptors (Lipinski definition) is 5. The molecule has 1 atom stereocenters. The SMILES string of the molecule is CCCN(CCC)C(=O)c1cc(N(CC)C2CCS(=O)(=O)C2)ccn1. The Morgan fingerprint density at radius 2 is 1.92 bits per heavy atom. The minimum absolute atomic E-state index is 0.0252. The van der Waals surface area contributed by atoms with E-state index in [9.17, 15) is 13.2 Å². The van der Waals surface area contributed by atoms with Crippen molar-refractivity contribution in [1.82, 2.24) is 9.88 Å². The fourth-order valence-corrected chi connectivity index (χ4v) is 5.14. The lowest BCUT2D eigenvalue weighted by molar-refractivity contribution is 0.0749. The lowest BCUT2D eigenvalue weighted by Crippen LogP contribution is -2.37. The number of rotatable bonds is 8. The topological polar surface area (TPSA) is 70.6 Å². The summed E-state index contributed by atoms with van der Waals surface area (Å²) in [7, 11) is -2.95. The zero-order chi connectivity index (χ0) is 18.4. The Morgan fingerprint density at radius 3 is 2.44 bits per heavy atom. The van der Waals surface area contributed by atoms with Gasteiger partial charge in [0.1, 0.15) is 5.69 Å². The summed E-state index contributed by atoms with van der Waals surface area (Å²) in [6, 6.07) is 3.63. The van der Waals surface area contributed by atoms with Crippen LogP contribution in [0.1, 0.15) is 50.5 Å². The van der Waals surface area contributed by atoms with Gasteiger partial charge >= 0.3 is 0 Å². The average molecular weight is 368 g/mol. The van der Waals surface area contributed by atoms with Crippen LogP contribution in [0.3, 0.4) is 0 Å². The van der Waals surface area contributed by atoms with Crippen molar-refractivity contribution in [2.45, 2.75) is 46.1 Å². The van der Waals surface area contributed by atoms with E-state index < -0.39 is 9.84 Å². The predicted octanol–water partition coefficient (Wildman–Crippen LogP) is 2.36. The lowest BCUT2D eigenvalue weighted by atomic mass is 10.2. The van der Waals surface area contributed by atoms with Crippen LogP contribution in [-0.4, -0.2) is 61.4 Å². The van der Waals surface area contributed by atoms with Crippen molar-refractivity contribution in [1.29, 1.82) is 0 Å². The Balaban J connectivity index is 2.23. The van der Waals surface area contributed by atoms with E-state index in [0.717, 1.165) is 31.6 Å². The maximum atomic E-state index is 12.8. The van der Waals surface area contributed by atoms with Gasteiger partial charge in [-0.3, -0.25) is 9.78 Å². The minimum Gasteiger partial charge on any atom is -0.368 e. The quantitative estimate of drug-likeness (QED) is 0.705. The summed E-state index contributed by atoms with van der Waals surface area (Å²) >= 11 is 0. The first-order chi connectivity index (χ1) is 11.9. The summed E-state index contributed by atoms with van der Waals surface area (Å²) in [6.45, 7) is 8.25. The molecule has 25 heavy (non-hydrogen) atoms. The molecular weight excluding hydrogens is 338 g/mol. The highest BCUT2D eigenvalue weighted by Gasteiger charge is 2.32. The highest BCUT2D eigenvalue weighted by Crippen LogP contribution is 2.24. The Kier molecular flexibility index (Phi) is 6.81. The van der Waals surface area contributed by atoms with Gasteiger partial charge in [0.05, 0.1) is 11.5 Å². The van der Waals surface area contributed by atoms with Gasteiger partial charge in [-0.2, -0.15) is 0 Å². The van der Waals surface area contributed by atoms with Gasteiger partial charge in [-0.05, 0) is 38.3 Å². The second kappa shape index (κ2) is 8.65. The molecule has 0 N–H and O–H groups in total. The van der Waals surface area contributed by atoms with Crippen LogP contribution in [0.25, 0.3) is 0 Å². The molecule has 0 bridgehead atoms. The van der Waals surface area contributed by atoms with Crippen LogP contribution in [0, 0.1) is 0 Å². The van der Waals surface area contributed by atoms with Crippen LogP contribution in [0.5, 0.6) is 0 Å². The highest BCUT2D eigenvalue weighted by molar-refractivity contribution is 7.91. The summed E-state index contributed by atoms with van der Waals surface area (Å²) in [5.74, 6) is 0.372. The van der Waals surface area contributed by atoms with E-state index in [0.29, 0.717) is 18.7 Å². The van der Waals surface area contributed by atoms with Gasteiger partial charge in [0.2, 0.25) is 0 Å². The van der Waals surface area contributed by atoms with E-state index in [-0.39, 0.29) is 23.5 Å². The number of carbonyl (C=O) groups excluding carboxylic acids is 1. The van der Waals surface area contributed by atoms with Gasteiger partial charge in [-0.25, -0.2) is 8.42 Å². The highest BCUT2D eigenvalue weighted by atomic mass is 32.2. The molecule has 1 aromatic heterocycles. The Hall–Kier alpha value is -1.63. The fraction of sp³-hybridized carbons (Fsp3) is 0.667. The summed E-state index contributed by atoms with van der Waals surface area (Å²) in [5, 5.41) is 0. The fourth-order valence-electron chi connectivity index (χ4n) is 3.40. The monoisotopic (exact) mass is 367 g/mol. The van der Waals surface area contributed by atoms with Crippen molar-refractivity contribution in [2.75, 3.05) is 36.0 Å². The first kappa shape index (κ1) is 19.7. The standard InChI is InChI=1S/C18H29N3O3S/c1-4-10-20(11-5-2)18(22)17-13-15(7-9-19-17)21(6-3)16-8-12-25(23,24)14-16/h7,9,13,16H,4-6,8,10-12,14H2,1-3H3. The van der Waals surface area contributed by atoms with E-state index in [4.69, 9.17) is 0 Å². The maximum Gasteiger partial charge on any atom is 0.272 e. The molecule has 2 rings (SSSR count). The van der Waals surface area contributed by atoms with Crippen molar-refractivity contribution in [3.63, 3.8) is 0 Å². The van der Waals surface area contributed by atoms with Gasteiger partial charge in [0, 0.05) is 37.6 Å². The zero-order valence-corrected chi connectivity index (χ0v) is 16.3. The van der Waals surface area contributed by atoms with Gasteiger partial charge < -0.3 is 9.80 Å². The van der Waals surface area contributed by atoms with E-state index in [1.807, 2.05) is 17.9 Å². The van der Waals surface area contributed by atoms with Crippen molar-refractivity contribution in [3.05, 3.63) is 24.0 Å². The molecule has 6 nitrogen and oxygen atoms in total. The third-order valence-electron chi connectivity index (χ3n) is 4.56. The Labute approximate surface area is 151 Å². The van der Waals surface area contributed by atoms with E-state index in [1.54, 1.807) is 12.3 Å². The number of carbonyl (C=O) groups is 1. The Bertz CT molecular complexity index is 685. The average Bonchev–Trinajstić information content (AvgIpc) is 2.94. The first-order valence-electron chi connectivity index (χ1n) is 9.14. The van der Waals surface area contributed by atoms with Crippen molar-refractivity contribution < 1.29 is 13.2 Å². The third kappa shape index (κ3) is 4.93. The molecular formula is C18H29N3O3S. The van der Waals surface area contributed by atoms with Crippen LogP contribution in [0.4, 0.5) is 5.69 Å². The molecule has 2 heterocycles. The number of pyridine rings is 1. The molecule has 1 aromatic rings. The molecule has 7 heteroatoms. The molecule has 1 amide bonds. The predicted molar refractivity (Wildman–Crippen MR) is 101 cm³/mol. The van der Waals surface area contributed by atoms with Crippen LogP contribution in [0.15, 0.2) is 18.3 Å². The zero-order valence-electron chi connectivity index (χ0n) is 15.4. The molecule has 0 radical (unpaired) electrons. The third-order valence-corrected chi connectivity index (χ3v) is 6.31. The van der Waals surface area contributed by atoms with E-state index in [2.05, 4.69) is 23.7 Å². The van der Waals surface area contributed by atoms with Crippen LogP contribution in [-0.2, 0) is 9.84 Å². The maximum absolute atomic E-state index is 12.8. The largest absolute Gasteiger partial charge is 0.368 e.